The molecule has 0 aliphatic heterocycles. The number of hydrogen-bond donors (Lipinski definition) is 2. The molecule has 92 valence electrons. The molecule has 0 saturated heterocycles. The Hall–Kier alpha value is 0.0569. The summed E-state index contributed by atoms with van der Waals surface area (Å²) in [6.07, 6.45) is 1.08. The molecule has 0 fully saturated rings. The summed E-state index contributed by atoms with van der Waals surface area (Å²) >= 11 is 0. The van der Waals surface area contributed by atoms with E-state index in [1.807, 2.05) is 13.8 Å². The lowest BCUT2D eigenvalue weighted by atomic mass is 10.5. The maximum atomic E-state index is 5.86. The number of hydrogen-bond acceptors (Lipinski definition) is 4. The molecule has 0 aromatic rings. The second-order valence-electron chi connectivity index (χ2n) is 3.44. The van der Waals surface area contributed by atoms with Gasteiger partial charge >= 0.3 is 8.56 Å². The molecule has 3 N–H and O–H groups in total. The van der Waals surface area contributed by atoms with Crippen LogP contribution in [0, 0.1) is 0 Å². The normalized spacial score (nSPS) is 12.0. The van der Waals surface area contributed by atoms with E-state index in [-0.39, 0.29) is 0 Å². The van der Waals surface area contributed by atoms with E-state index in [0.717, 1.165) is 38.3 Å². The van der Waals surface area contributed by atoms with Crippen LogP contribution in [0.2, 0.25) is 12.1 Å². The van der Waals surface area contributed by atoms with Crippen LogP contribution in [0.15, 0.2) is 0 Å². The van der Waals surface area contributed by atoms with Crippen molar-refractivity contribution in [1.82, 2.24) is 5.32 Å². The maximum Gasteiger partial charge on any atom is 0.337 e. The number of nitrogens with two attached hydrogens (primary N) is 1. The van der Waals surface area contributed by atoms with Crippen molar-refractivity contribution < 1.29 is 8.85 Å². The lowest BCUT2D eigenvalue weighted by Crippen LogP contribution is -2.42. The highest BCUT2D eigenvalue weighted by atomic mass is 28.4. The van der Waals surface area contributed by atoms with E-state index >= 15 is 0 Å². The van der Waals surface area contributed by atoms with Gasteiger partial charge in [-0.05, 0) is 38.9 Å². The predicted octanol–water partition coefficient (Wildman–Crippen LogP) is 1.42. The molecule has 0 bridgehead atoms. The van der Waals surface area contributed by atoms with Crippen LogP contribution in [0.4, 0.5) is 0 Å². The Morgan fingerprint density at radius 3 is 2.13 bits per heavy atom. The molecule has 0 saturated carbocycles. The van der Waals surface area contributed by atoms with Crippen LogP contribution < -0.4 is 11.1 Å². The van der Waals surface area contributed by atoms with Crippen molar-refractivity contribution in [1.29, 1.82) is 0 Å². The average molecular weight is 234 g/mol. The summed E-state index contributed by atoms with van der Waals surface area (Å²) in [6, 6.07) is 2.08. The van der Waals surface area contributed by atoms with Crippen LogP contribution in [-0.4, -0.2) is 35.0 Å². The van der Waals surface area contributed by atoms with Gasteiger partial charge in [-0.1, -0.05) is 6.92 Å². The summed E-state index contributed by atoms with van der Waals surface area (Å²) in [7, 11) is -1.90. The van der Waals surface area contributed by atoms with Crippen molar-refractivity contribution in [3.8, 4) is 0 Å². The van der Waals surface area contributed by atoms with Crippen LogP contribution in [0.25, 0.3) is 0 Å². The summed E-state index contributed by atoms with van der Waals surface area (Å²) in [5.41, 5.74) is 5.37. The van der Waals surface area contributed by atoms with Crippen LogP contribution in [0.3, 0.4) is 0 Å². The van der Waals surface area contributed by atoms with Crippen LogP contribution in [0.5, 0.6) is 0 Å². The molecule has 0 aliphatic rings. The third-order valence-corrected chi connectivity index (χ3v) is 6.23. The maximum absolute atomic E-state index is 5.86. The van der Waals surface area contributed by atoms with Crippen molar-refractivity contribution in [3.05, 3.63) is 0 Å². The van der Waals surface area contributed by atoms with Gasteiger partial charge in [0.2, 0.25) is 0 Å². The smallest absolute Gasteiger partial charge is 0.337 e. The van der Waals surface area contributed by atoms with Gasteiger partial charge in [0.25, 0.3) is 0 Å². The lowest BCUT2D eigenvalue weighted by molar-refractivity contribution is 0.182. The molecule has 0 amide bonds. The first-order valence-electron chi connectivity index (χ1n) is 5.93. The minimum atomic E-state index is -1.90. The molecule has 0 heterocycles. The summed E-state index contributed by atoms with van der Waals surface area (Å²) in [4.78, 5) is 0. The van der Waals surface area contributed by atoms with Crippen molar-refractivity contribution in [3.63, 3.8) is 0 Å². The Morgan fingerprint density at radius 1 is 1.13 bits per heavy atom. The summed E-state index contributed by atoms with van der Waals surface area (Å²) in [5.74, 6) is 0. The number of nitrogens with one attached hydrogen (secondary N) is 1. The van der Waals surface area contributed by atoms with Crippen molar-refractivity contribution in [2.45, 2.75) is 39.3 Å². The van der Waals surface area contributed by atoms with Crippen LogP contribution in [0.1, 0.15) is 27.2 Å². The summed E-state index contributed by atoms with van der Waals surface area (Å²) in [6.45, 7) is 9.24. The van der Waals surface area contributed by atoms with Crippen LogP contribution in [-0.2, 0) is 8.85 Å². The van der Waals surface area contributed by atoms with Gasteiger partial charge in [0.05, 0.1) is 0 Å². The van der Waals surface area contributed by atoms with E-state index < -0.39 is 8.56 Å². The lowest BCUT2D eigenvalue weighted by Gasteiger charge is -2.28. The van der Waals surface area contributed by atoms with Gasteiger partial charge in [-0.2, -0.15) is 0 Å². The molecule has 0 aromatic carbocycles. The molecule has 0 aliphatic carbocycles. The van der Waals surface area contributed by atoms with E-state index in [1.165, 1.54) is 0 Å². The zero-order valence-corrected chi connectivity index (χ0v) is 11.3. The quantitative estimate of drug-likeness (QED) is 0.341. The third kappa shape index (κ3) is 6.27. The van der Waals surface area contributed by atoms with E-state index in [4.69, 9.17) is 14.6 Å². The average Bonchev–Trinajstić information content (AvgIpc) is 2.25. The first-order chi connectivity index (χ1) is 7.24. The Morgan fingerprint density at radius 2 is 1.73 bits per heavy atom. The molecule has 0 atom stereocenters. The van der Waals surface area contributed by atoms with Gasteiger partial charge in [-0.15, -0.1) is 0 Å². The second-order valence-corrected chi connectivity index (χ2v) is 7.04. The fourth-order valence-electron chi connectivity index (χ4n) is 1.68. The monoisotopic (exact) mass is 234 g/mol. The highest BCUT2D eigenvalue weighted by Crippen LogP contribution is 2.20. The zero-order chi connectivity index (χ0) is 11.6. The Bertz CT molecular complexity index is 141. The molecule has 0 aromatic heterocycles. The van der Waals surface area contributed by atoms with Crippen LogP contribution >= 0.6 is 0 Å². The van der Waals surface area contributed by atoms with Crippen molar-refractivity contribution >= 4 is 8.56 Å². The minimum absolute atomic E-state index is 0.546. The largest absolute Gasteiger partial charge is 0.394 e. The van der Waals surface area contributed by atoms with Crippen molar-refractivity contribution in [2.75, 3.05) is 26.4 Å². The second kappa shape index (κ2) is 9.29. The Labute approximate surface area is 94.8 Å². The van der Waals surface area contributed by atoms with E-state index in [0.29, 0.717) is 6.67 Å². The SMILES string of the molecule is CCO[Si](CC)(CCCNCN)OCC. The molecular formula is C10H26N2O2Si. The Balaban J connectivity index is 3.96. The zero-order valence-electron chi connectivity index (χ0n) is 10.3. The van der Waals surface area contributed by atoms with E-state index in [9.17, 15) is 0 Å². The van der Waals surface area contributed by atoms with Gasteiger partial charge in [-0.25, -0.2) is 0 Å². The fraction of sp³-hybridized carbons (Fsp3) is 1.00. The standard InChI is InChI=1S/C10H26N2O2Si/c1-4-13-15(6-3,14-5-2)9-7-8-12-10-11/h12H,4-11H2,1-3H3. The fourth-order valence-corrected chi connectivity index (χ4v) is 4.58. The van der Waals surface area contributed by atoms with Gasteiger partial charge in [0, 0.05) is 19.9 Å². The van der Waals surface area contributed by atoms with Gasteiger partial charge in [-0.3, -0.25) is 0 Å². The predicted molar refractivity (Wildman–Crippen MR) is 66.0 cm³/mol. The molecule has 0 unspecified atom stereocenters. The first kappa shape index (κ1) is 15.1. The molecule has 0 rings (SSSR count). The Kier molecular flexibility index (Phi) is 9.33. The molecule has 15 heavy (non-hydrogen) atoms. The number of rotatable bonds is 10. The molecule has 5 heteroatoms. The highest BCUT2D eigenvalue weighted by molar-refractivity contribution is 6.67. The molecule has 0 radical (unpaired) electrons. The van der Waals surface area contributed by atoms with E-state index in [2.05, 4.69) is 12.2 Å². The van der Waals surface area contributed by atoms with Crippen molar-refractivity contribution in [2.24, 2.45) is 5.73 Å². The van der Waals surface area contributed by atoms with Gasteiger partial charge in [0.1, 0.15) is 0 Å². The third-order valence-electron chi connectivity index (χ3n) is 2.41. The molecule has 4 nitrogen and oxygen atoms in total. The highest BCUT2D eigenvalue weighted by Gasteiger charge is 2.33. The minimum Gasteiger partial charge on any atom is -0.394 e. The molecule has 0 spiro atoms. The summed E-state index contributed by atoms with van der Waals surface area (Å²) < 4.78 is 11.7. The topological polar surface area (TPSA) is 56.5 Å². The van der Waals surface area contributed by atoms with Gasteiger partial charge < -0.3 is 19.9 Å². The first-order valence-corrected chi connectivity index (χ1v) is 8.16. The summed E-state index contributed by atoms with van der Waals surface area (Å²) in [5, 5.41) is 3.12. The van der Waals surface area contributed by atoms with Gasteiger partial charge in [0.15, 0.2) is 0 Å². The molecular weight excluding hydrogens is 208 g/mol. The van der Waals surface area contributed by atoms with E-state index in [1.54, 1.807) is 0 Å².